The highest BCUT2D eigenvalue weighted by Crippen LogP contribution is 2.55. The summed E-state index contributed by atoms with van der Waals surface area (Å²) in [5.74, 6) is -0.573. The predicted octanol–water partition coefficient (Wildman–Crippen LogP) is 9.44. The highest BCUT2D eigenvalue weighted by Gasteiger charge is 2.64. The van der Waals surface area contributed by atoms with E-state index in [4.69, 9.17) is 56.8 Å². The first kappa shape index (κ1) is 53.9. The molecule has 0 saturated carbocycles. The summed E-state index contributed by atoms with van der Waals surface area (Å²) in [5.41, 5.74) is -1.35. The van der Waals surface area contributed by atoms with Crippen LogP contribution in [0, 0.1) is 5.92 Å². The number of aliphatic hydroxyl groups excluding tert-OH is 1. The largest absolute Gasteiger partial charge is 0.458 e. The van der Waals surface area contributed by atoms with Gasteiger partial charge in [0.15, 0.2) is 0 Å². The number of carbonyl (C=O) groups is 2. The summed E-state index contributed by atoms with van der Waals surface area (Å²) in [6.07, 6.45) is 8.37. The molecule has 0 spiro atoms. The summed E-state index contributed by atoms with van der Waals surface area (Å²) >= 11 is 0. The zero-order valence-corrected chi connectivity index (χ0v) is 47.4. The molecule has 0 bridgehead atoms. The number of hydrogen-bond acceptors (Lipinski definition) is 15. The average Bonchev–Trinajstić information content (AvgIpc) is 3.74. The number of ether oxygens (including phenoxy) is 12. The molecule has 9 saturated heterocycles. The van der Waals surface area contributed by atoms with Crippen LogP contribution in [0.3, 0.4) is 0 Å². The van der Waals surface area contributed by atoms with Gasteiger partial charge in [-0.3, -0.25) is 0 Å². The highest BCUT2D eigenvalue weighted by molar-refractivity contribution is 6.01. The van der Waals surface area contributed by atoms with Gasteiger partial charge in [-0.25, -0.2) is 9.59 Å². The topological polar surface area (TPSA) is 165 Å². The third kappa shape index (κ3) is 9.35. The van der Waals surface area contributed by atoms with Gasteiger partial charge >= 0.3 is 11.9 Å². The quantitative estimate of drug-likeness (QED) is 0.146. The number of hydrogen-bond donors (Lipinski definition) is 1. The summed E-state index contributed by atoms with van der Waals surface area (Å²) in [7, 11) is 0. The van der Waals surface area contributed by atoms with Gasteiger partial charge in [-0.05, 0) is 137 Å². The van der Waals surface area contributed by atoms with Crippen LogP contribution in [0.25, 0.3) is 21.5 Å². The van der Waals surface area contributed by atoms with Crippen LogP contribution >= 0.6 is 0 Å². The SMILES string of the molecule is C=C(COC(=O)c1ccc2cc3ccccc3cc2c1)C[C@@H]1C[C@H](O)[C@]2(C)O[C@@H]3C[C@@H]4O[C@@H]5C[C@]6(C)O[C@]7(C)CC[C@@H]8OC9C[C@]%10(C)O[C@@H]%11C(C)=CC(=O)OC%11CC%10OC9C[C@@H](C)C8OC7CC6O[C@@]5(C)C/C=C\C4OC3CC2O1. The molecule has 3 aromatic carbocycles. The summed E-state index contributed by atoms with van der Waals surface area (Å²) in [5, 5.41) is 16.2. The Kier molecular flexibility index (Phi) is 13.3. The molecule has 9 fully saturated rings. The van der Waals surface area contributed by atoms with Gasteiger partial charge in [0.1, 0.15) is 30.5 Å². The van der Waals surface area contributed by atoms with Gasteiger partial charge in [0.2, 0.25) is 0 Å². The molecule has 14 rings (SSSR count). The fourth-order valence-corrected chi connectivity index (χ4v) is 16.3. The van der Waals surface area contributed by atoms with E-state index in [1.165, 1.54) is 0 Å². The molecule has 11 heterocycles. The van der Waals surface area contributed by atoms with Crippen molar-refractivity contribution < 1.29 is 71.5 Å². The number of carbonyl (C=O) groups excluding carboxylic acids is 2. The number of benzene rings is 3. The predicted molar refractivity (Wildman–Crippen MR) is 294 cm³/mol. The minimum absolute atomic E-state index is 0.0466. The first-order valence-electron chi connectivity index (χ1n) is 29.9. The maximum Gasteiger partial charge on any atom is 0.338 e. The fourth-order valence-electron chi connectivity index (χ4n) is 16.3. The molecular formula is C65H80O15. The van der Waals surface area contributed by atoms with Gasteiger partial charge in [0, 0.05) is 51.0 Å². The van der Waals surface area contributed by atoms with Gasteiger partial charge in [0.05, 0.1) is 113 Å². The smallest absolute Gasteiger partial charge is 0.338 e. The van der Waals surface area contributed by atoms with Crippen LogP contribution in [0.1, 0.15) is 136 Å². The van der Waals surface area contributed by atoms with E-state index in [0.29, 0.717) is 68.9 Å². The van der Waals surface area contributed by atoms with Crippen molar-refractivity contribution in [1.82, 2.24) is 0 Å². The lowest BCUT2D eigenvalue weighted by Crippen LogP contribution is -2.70. The fraction of sp³-hybridized carbons (Fsp3) is 0.662. The van der Waals surface area contributed by atoms with E-state index >= 15 is 0 Å². The van der Waals surface area contributed by atoms with Crippen molar-refractivity contribution in [1.29, 1.82) is 0 Å². The minimum atomic E-state index is -0.960. The second-order valence-corrected chi connectivity index (χ2v) is 27.0. The number of esters is 2. The summed E-state index contributed by atoms with van der Waals surface area (Å²) in [4.78, 5) is 25.6. The van der Waals surface area contributed by atoms with Crippen molar-refractivity contribution in [2.45, 2.75) is 257 Å². The second-order valence-electron chi connectivity index (χ2n) is 27.0. The van der Waals surface area contributed by atoms with E-state index in [9.17, 15) is 14.7 Å². The maximum atomic E-state index is 13.3. The normalized spacial score (nSPS) is 48.0. The molecule has 0 radical (unpaired) electrons. The summed E-state index contributed by atoms with van der Waals surface area (Å²) in [6, 6.07) is 18.0. The molecule has 23 atom stereocenters. The van der Waals surface area contributed by atoms with E-state index in [-0.39, 0.29) is 110 Å². The molecule has 0 aromatic heterocycles. The lowest BCUT2D eigenvalue weighted by atomic mass is 9.72. The molecule has 15 nitrogen and oxygen atoms in total. The molecular weight excluding hydrogens is 1020 g/mol. The van der Waals surface area contributed by atoms with Crippen molar-refractivity contribution in [3.63, 3.8) is 0 Å². The van der Waals surface area contributed by atoms with Crippen molar-refractivity contribution in [3.8, 4) is 0 Å². The molecule has 0 amide bonds. The first-order chi connectivity index (χ1) is 38.2. The van der Waals surface area contributed by atoms with Crippen LogP contribution < -0.4 is 0 Å². The van der Waals surface area contributed by atoms with Crippen LogP contribution in [0.15, 0.2) is 90.6 Å². The number of fused-ring (bicyclic) bond motifs is 12. The minimum Gasteiger partial charge on any atom is -0.458 e. The Labute approximate surface area is 469 Å². The Balaban J connectivity index is 0.605. The number of aliphatic hydroxyl groups is 1. The highest BCUT2D eigenvalue weighted by atomic mass is 16.7. The average molecular weight is 1100 g/mol. The molecule has 11 aliphatic heterocycles. The molecule has 10 unspecified atom stereocenters. The Bertz CT molecular complexity index is 3010. The number of rotatable bonds is 5. The third-order valence-electron chi connectivity index (χ3n) is 21.0. The van der Waals surface area contributed by atoms with Crippen LogP contribution in [0.2, 0.25) is 0 Å². The lowest BCUT2D eigenvalue weighted by Gasteiger charge is -2.60. The van der Waals surface area contributed by atoms with Crippen LogP contribution in [-0.4, -0.2) is 155 Å². The molecule has 3 aromatic rings. The van der Waals surface area contributed by atoms with E-state index < -0.39 is 46.2 Å². The van der Waals surface area contributed by atoms with E-state index in [1.54, 1.807) is 12.1 Å². The van der Waals surface area contributed by atoms with Crippen LogP contribution in [0.4, 0.5) is 0 Å². The molecule has 0 aliphatic carbocycles. The van der Waals surface area contributed by atoms with Crippen LogP contribution in [-0.2, 0) is 61.6 Å². The van der Waals surface area contributed by atoms with Gasteiger partial charge in [-0.1, -0.05) is 56.0 Å². The Morgan fingerprint density at radius 2 is 1.43 bits per heavy atom. The Morgan fingerprint density at radius 1 is 0.675 bits per heavy atom. The Hall–Kier alpha value is -4.10. The molecule has 11 aliphatic rings. The molecule has 1 N–H and O–H groups in total. The van der Waals surface area contributed by atoms with Gasteiger partial charge < -0.3 is 61.9 Å². The van der Waals surface area contributed by atoms with E-state index in [1.807, 2.05) is 38.1 Å². The molecule has 80 heavy (non-hydrogen) atoms. The molecule has 430 valence electrons. The van der Waals surface area contributed by atoms with Crippen LogP contribution in [0.5, 0.6) is 0 Å². The van der Waals surface area contributed by atoms with Gasteiger partial charge in [-0.15, -0.1) is 0 Å². The van der Waals surface area contributed by atoms with Gasteiger partial charge in [-0.2, -0.15) is 0 Å². The second kappa shape index (κ2) is 19.8. The Morgan fingerprint density at radius 3 is 2.25 bits per heavy atom. The van der Waals surface area contributed by atoms with Gasteiger partial charge in [0.25, 0.3) is 0 Å². The van der Waals surface area contributed by atoms with E-state index in [0.717, 1.165) is 46.4 Å². The summed E-state index contributed by atoms with van der Waals surface area (Å²) < 4.78 is 82.3. The lowest BCUT2D eigenvalue weighted by molar-refractivity contribution is -0.356. The van der Waals surface area contributed by atoms with Crippen molar-refractivity contribution >= 4 is 33.5 Å². The zero-order valence-electron chi connectivity index (χ0n) is 47.4. The zero-order chi connectivity index (χ0) is 55.3. The maximum absolute atomic E-state index is 13.3. The van der Waals surface area contributed by atoms with Crippen molar-refractivity contribution in [2.75, 3.05) is 6.61 Å². The standard InChI is InChI=1S/C65H80O15/c1-34(33-69-60(68)40-16-15-39-23-37-12-9-10-13-38(37)24-41(39)25-40)20-42-26-51(66)65(8)55(70-42)28-47-48(77-65)27-46-43(71-47)14-11-18-61(4)56(74-46)32-64(7)54(78-61)30-53-62(5,80-64)19-17-44-58(76-53)35(2)21-45-50(72-44)31-63(6)52(73-45)29-49-59(79-63)36(3)22-57(67)75-49/h9-16,22-25,35,42-56,58-59,66H,1,17-21,26-33H2,2-8H3/b14-11-/t35-,42-,43?,44+,45?,46+,47?,48-,49?,50?,51+,52?,53?,54?,55?,56-,58?,59-,61+,62-,63+,64+,65+/m1/s1. The molecule has 15 heteroatoms. The first-order valence-corrected chi connectivity index (χ1v) is 29.9. The third-order valence-corrected chi connectivity index (χ3v) is 21.0. The van der Waals surface area contributed by atoms with Crippen molar-refractivity contribution in [2.24, 2.45) is 5.92 Å². The van der Waals surface area contributed by atoms with Crippen molar-refractivity contribution in [3.05, 3.63) is 96.1 Å². The van der Waals surface area contributed by atoms with E-state index in [2.05, 4.69) is 77.6 Å². The summed E-state index contributed by atoms with van der Waals surface area (Å²) in [6.45, 7) is 19.2. The monoisotopic (exact) mass is 1100 g/mol.